The van der Waals surface area contributed by atoms with Crippen LogP contribution in [0.1, 0.15) is 5.56 Å². The average Bonchev–Trinajstić information content (AvgIpc) is 2.66. The summed E-state index contributed by atoms with van der Waals surface area (Å²) in [6, 6.07) is 7.90. The molecule has 0 saturated heterocycles. The first kappa shape index (κ1) is 10.7. The zero-order chi connectivity index (χ0) is 11.8. The minimum Gasteiger partial charge on any atom is -0.382 e. The Hall–Kier alpha value is -1.82. The number of aromatic amines is 1. The van der Waals surface area contributed by atoms with Gasteiger partial charge in [0, 0.05) is 6.07 Å². The maximum Gasteiger partial charge on any atom is 0.223 e. The summed E-state index contributed by atoms with van der Waals surface area (Å²) in [5, 5.41) is 6.00. The Kier molecular flexibility index (Phi) is 2.43. The number of nitrogen functional groups attached to an aromatic ring is 1. The van der Waals surface area contributed by atoms with Crippen LogP contribution in [0.5, 0.6) is 0 Å². The van der Waals surface area contributed by atoms with Crippen LogP contribution in [0, 0.1) is 6.92 Å². The van der Waals surface area contributed by atoms with Crippen molar-refractivity contribution in [3.05, 3.63) is 35.9 Å². The first-order valence-corrected chi connectivity index (χ1v) is 6.11. The molecular formula is C10H11N3O2S. The second kappa shape index (κ2) is 3.64. The lowest BCUT2D eigenvalue weighted by atomic mass is 10.2. The molecule has 84 valence electrons. The van der Waals surface area contributed by atoms with Crippen LogP contribution in [-0.2, 0) is 9.84 Å². The van der Waals surface area contributed by atoms with E-state index in [1.807, 2.05) is 6.92 Å². The number of benzene rings is 1. The molecule has 0 bridgehead atoms. The molecule has 0 amide bonds. The van der Waals surface area contributed by atoms with Crippen molar-refractivity contribution in [1.29, 1.82) is 0 Å². The lowest BCUT2D eigenvalue weighted by Gasteiger charge is -2.01. The average molecular weight is 237 g/mol. The molecule has 2 aromatic rings. The predicted molar refractivity (Wildman–Crippen MR) is 59.6 cm³/mol. The smallest absolute Gasteiger partial charge is 0.223 e. The highest BCUT2D eigenvalue weighted by molar-refractivity contribution is 7.91. The van der Waals surface area contributed by atoms with Crippen LogP contribution in [0.15, 0.2) is 40.3 Å². The van der Waals surface area contributed by atoms with Crippen LogP contribution in [0.2, 0.25) is 0 Å². The van der Waals surface area contributed by atoms with E-state index in [2.05, 4.69) is 10.2 Å². The van der Waals surface area contributed by atoms with Crippen LogP contribution >= 0.6 is 0 Å². The molecule has 5 nitrogen and oxygen atoms in total. The number of hydrogen-bond donors (Lipinski definition) is 2. The summed E-state index contributed by atoms with van der Waals surface area (Å²) < 4.78 is 24.1. The number of nitrogens with one attached hydrogen (secondary N) is 1. The van der Waals surface area contributed by atoms with Gasteiger partial charge in [-0.15, -0.1) is 0 Å². The monoisotopic (exact) mass is 237 g/mol. The van der Waals surface area contributed by atoms with E-state index >= 15 is 0 Å². The van der Waals surface area contributed by atoms with Gasteiger partial charge in [0.15, 0.2) is 5.03 Å². The van der Waals surface area contributed by atoms with Crippen molar-refractivity contribution in [1.82, 2.24) is 10.2 Å². The number of nitrogens with two attached hydrogens (primary N) is 1. The van der Waals surface area contributed by atoms with Crippen molar-refractivity contribution in [2.24, 2.45) is 0 Å². The number of sulfone groups is 1. The summed E-state index contributed by atoms with van der Waals surface area (Å²) in [6.45, 7) is 1.89. The SMILES string of the molecule is Cc1ccc(S(=O)(=O)c2cc(N)n[nH]2)cc1. The molecule has 16 heavy (non-hydrogen) atoms. The highest BCUT2D eigenvalue weighted by atomic mass is 32.2. The summed E-state index contributed by atoms with van der Waals surface area (Å²) in [5.74, 6) is 0.158. The third kappa shape index (κ3) is 1.79. The van der Waals surface area contributed by atoms with Gasteiger partial charge in [-0.3, -0.25) is 5.10 Å². The lowest BCUT2D eigenvalue weighted by Crippen LogP contribution is -2.02. The fraction of sp³-hybridized carbons (Fsp3) is 0.100. The first-order valence-electron chi connectivity index (χ1n) is 4.63. The van der Waals surface area contributed by atoms with E-state index in [0.29, 0.717) is 0 Å². The topological polar surface area (TPSA) is 88.8 Å². The Balaban J connectivity index is 2.51. The first-order chi connectivity index (χ1) is 7.50. The van der Waals surface area contributed by atoms with Gasteiger partial charge in [-0.2, -0.15) is 5.10 Å². The number of aryl methyl sites for hydroxylation is 1. The molecule has 2 rings (SSSR count). The maximum atomic E-state index is 12.0. The van der Waals surface area contributed by atoms with Gasteiger partial charge in [-0.05, 0) is 19.1 Å². The van der Waals surface area contributed by atoms with E-state index in [1.165, 1.54) is 6.07 Å². The van der Waals surface area contributed by atoms with Crippen LogP contribution in [0.3, 0.4) is 0 Å². The molecule has 0 unspecified atom stereocenters. The maximum absolute atomic E-state index is 12.0. The molecule has 0 aliphatic heterocycles. The molecule has 3 N–H and O–H groups in total. The van der Waals surface area contributed by atoms with Gasteiger partial charge < -0.3 is 5.73 Å². The van der Waals surface area contributed by atoms with Gasteiger partial charge >= 0.3 is 0 Å². The second-order valence-electron chi connectivity index (χ2n) is 3.47. The fourth-order valence-electron chi connectivity index (χ4n) is 1.30. The standard InChI is InChI=1S/C10H11N3O2S/c1-7-2-4-8(5-3-7)16(14,15)10-6-9(11)12-13-10/h2-6H,1H3,(H3,11,12,13). The molecule has 1 aromatic heterocycles. The Bertz CT molecular complexity index is 599. The zero-order valence-corrected chi connectivity index (χ0v) is 9.45. The van der Waals surface area contributed by atoms with Crippen LogP contribution in [0.25, 0.3) is 0 Å². The van der Waals surface area contributed by atoms with Crippen LogP contribution in [-0.4, -0.2) is 18.6 Å². The van der Waals surface area contributed by atoms with E-state index < -0.39 is 9.84 Å². The van der Waals surface area contributed by atoms with Crippen molar-refractivity contribution < 1.29 is 8.42 Å². The van der Waals surface area contributed by atoms with Gasteiger partial charge in [0.05, 0.1) is 4.90 Å². The quantitative estimate of drug-likeness (QED) is 0.819. The van der Waals surface area contributed by atoms with Crippen molar-refractivity contribution in [2.75, 3.05) is 5.73 Å². The molecule has 0 saturated carbocycles. The minimum absolute atomic E-state index is 0.00820. The van der Waals surface area contributed by atoms with Crippen LogP contribution < -0.4 is 5.73 Å². The van der Waals surface area contributed by atoms with Gasteiger partial charge in [0.2, 0.25) is 9.84 Å². The van der Waals surface area contributed by atoms with E-state index in [-0.39, 0.29) is 15.7 Å². The molecule has 1 heterocycles. The predicted octanol–water partition coefficient (Wildman–Crippen LogP) is 1.13. The number of aromatic nitrogens is 2. The van der Waals surface area contributed by atoms with E-state index in [0.717, 1.165) is 5.56 Å². The van der Waals surface area contributed by atoms with Gasteiger partial charge in [-0.1, -0.05) is 17.7 Å². The number of hydrogen-bond acceptors (Lipinski definition) is 4. The number of rotatable bonds is 2. The summed E-state index contributed by atoms with van der Waals surface area (Å²) in [5.41, 5.74) is 6.37. The molecule has 0 aliphatic rings. The highest BCUT2D eigenvalue weighted by Crippen LogP contribution is 2.20. The normalized spacial score (nSPS) is 11.6. The lowest BCUT2D eigenvalue weighted by molar-refractivity contribution is 0.592. The number of H-pyrrole nitrogens is 1. The summed E-state index contributed by atoms with van der Waals surface area (Å²) in [7, 11) is -3.53. The number of nitrogens with zero attached hydrogens (tertiary/aromatic N) is 1. The van der Waals surface area contributed by atoms with Crippen molar-refractivity contribution in [2.45, 2.75) is 16.8 Å². The van der Waals surface area contributed by atoms with Gasteiger partial charge in [0.25, 0.3) is 0 Å². The molecular weight excluding hydrogens is 226 g/mol. The van der Waals surface area contributed by atoms with Gasteiger partial charge in [-0.25, -0.2) is 8.42 Å². The van der Waals surface area contributed by atoms with Crippen molar-refractivity contribution in [3.8, 4) is 0 Å². The number of anilines is 1. The molecule has 6 heteroatoms. The molecule has 0 radical (unpaired) electrons. The summed E-state index contributed by atoms with van der Waals surface area (Å²) >= 11 is 0. The molecule has 1 aromatic carbocycles. The zero-order valence-electron chi connectivity index (χ0n) is 8.64. The Morgan fingerprint density at radius 3 is 2.38 bits per heavy atom. The van der Waals surface area contributed by atoms with E-state index in [4.69, 9.17) is 5.73 Å². The fourth-order valence-corrected chi connectivity index (χ4v) is 2.49. The summed E-state index contributed by atoms with van der Waals surface area (Å²) in [6.07, 6.45) is 0. The summed E-state index contributed by atoms with van der Waals surface area (Å²) in [4.78, 5) is 0.224. The molecule has 0 atom stereocenters. The minimum atomic E-state index is -3.53. The third-order valence-electron chi connectivity index (χ3n) is 2.19. The highest BCUT2D eigenvalue weighted by Gasteiger charge is 2.19. The largest absolute Gasteiger partial charge is 0.382 e. The Labute approximate surface area is 93.2 Å². The van der Waals surface area contributed by atoms with E-state index in [1.54, 1.807) is 24.3 Å². The second-order valence-corrected chi connectivity index (χ2v) is 5.39. The van der Waals surface area contributed by atoms with Crippen molar-refractivity contribution in [3.63, 3.8) is 0 Å². The third-order valence-corrected chi connectivity index (χ3v) is 3.88. The Morgan fingerprint density at radius 2 is 1.88 bits per heavy atom. The molecule has 0 aliphatic carbocycles. The van der Waals surface area contributed by atoms with E-state index in [9.17, 15) is 8.42 Å². The molecule has 0 fully saturated rings. The van der Waals surface area contributed by atoms with Crippen molar-refractivity contribution >= 4 is 15.7 Å². The van der Waals surface area contributed by atoms with Gasteiger partial charge in [0.1, 0.15) is 5.82 Å². The molecule has 0 spiro atoms. The Morgan fingerprint density at radius 1 is 1.25 bits per heavy atom. The van der Waals surface area contributed by atoms with Crippen LogP contribution in [0.4, 0.5) is 5.82 Å².